The van der Waals surface area contributed by atoms with Crippen LogP contribution in [0, 0.1) is 0 Å². The molecule has 2 N–H and O–H groups in total. The molecule has 0 aliphatic rings. The molecular weight excluding hydrogens is 274 g/mol. The largest absolute Gasteiger partial charge is 0.481 e. The molecule has 0 fully saturated rings. The third-order valence-corrected chi connectivity index (χ3v) is 4.76. The van der Waals surface area contributed by atoms with Gasteiger partial charge in [-0.3, -0.25) is 4.79 Å². The molecule has 5 nitrogen and oxygen atoms in total. The lowest BCUT2D eigenvalue weighted by Crippen LogP contribution is -2.35. The second kappa shape index (κ2) is 6.86. The van der Waals surface area contributed by atoms with E-state index in [1.54, 1.807) is 18.3 Å². The second-order valence-electron chi connectivity index (χ2n) is 4.12. The van der Waals surface area contributed by atoms with Crippen LogP contribution in [0.5, 0.6) is 0 Å². The van der Waals surface area contributed by atoms with Crippen LogP contribution in [-0.4, -0.2) is 31.3 Å². The van der Waals surface area contributed by atoms with E-state index < -0.39 is 16.0 Å². The minimum absolute atomic E-state index is 0.125. The van der Waals surface area contributed by atoms with Crippen molar-refractivity contribution in [2.45, 2.75) is 32.2 Å². The molecule has 0 aliphatic heterocycles. The molecule has 1 unspecified atom stereocenters. The summed E-state index contributed by atoms with van der Waals surface area (Å²) in [6.07, 6.45) is 0.659. The topological polar surface area (TPSA) is 83.5 Å². The summed E-state index contributed by atoms with van der Waals surface area (Å²) in [5.41, 5.74) is 0. The number of rotatable bonds is 8. The lowest BCUT2D eigenvalue weighted by molar-refractivity contribution is -0.137. The van der Waals surface area contributed by atoms with Crippen molar-refractivity contribution in [3.05, 3.63) is 22.4 Å². The van der Waals surface area contributed by atoms with E-state index in [4.69, 9.17) is 5.11 Å². The number of sulfonamides is 1. The summed E-state index contributed by atoms with van der Waals surface area (Å²) < 4.78 is 25.9. The lowest BCUT2D eigenvalue weighted by Gasteiger charge is -2.13. The molecular formula is C11H17NO4S2. The van der Waals surface area contributed by atoms with E-state index in [2.05, 4.69) is 4.72 Å². The van der Waals surface area contributed by atoms with Crippen molar-refractivity contribution in [2.24, 2.45) is 0 Å². The van der Waals surface area contributed by atoms with Crippen molar-refractivity contribution in [3.63, 3.8) is 0 Å². The highest BCUT2D eigenvalue weighted by Gasteiger charge is 2.15. The van der Waals surface area contributed by atoms with E-state index in [9.17, 15) is 13.2 Å². The Labute approximate surface area is 111 Å². The average Bonchev–Trinajstić information content (AvgIpc) is 2.67. The highest BCUT2D eigenvalue weighted by Crippen LogP contribution is 2.11. The number of aliphatic carboxylic acids is 1. The van der Waals surface area contributed by atoms with Crippen molar-refractivity contribution in [3.8, 4) is 0 Å². The van der Waals surface area contributed by atoms with Crippen LogP contribution in [-0.2, 0) is 21.2 Å². The van der Waals surface area contributed by atoms with E-state index >= 15 is 0 Å². The van der Waals surface area contributed by atoms with Crippen LogP contribution in [0.2, 0.25) is 0 Å². The first-order valence-electron chi connectivity index (χ1n) is 5.63. The predicted molar refractivity (Wildman–Crippen MR) is 71.3 cm³/mol. The van der Waals surface area contributed by atoms with E-state index in [0.29, 0.717) is 6.42 Å². The van der Waals surface area contributed by atoms with Crippen LogP contribution in [0.15, 0.2) is 17.5 Å². The monoisotopic (exact) mass is 291 g/mol. The lowest BCUT2D eigenvalue weighted by atomic mass is 10.2. The molecule has 0 aromatic carbocycles. The predicted octanol–water partition coefficient (Wildman–Crippen LogP) is 1.46. The van der Waals surface area contributed by atoms with Crippen LogP contribution < -0.4 is 4.72 Å². The molecule has 0 spiro atoms. The van der Waals surface area contributed by atoms with Gasteiger partial charge in [0.2, 0.25) is 10.0 Å². The van der Waals surface area contributed by atoms with Gasteiger partial charge in [0.1, 0.15) is 0 Å². The molecule has 0 amide bonds. The maximum Gasteiger partial charge on any atom is 0.303 e. The molecule has 1 rings (SSSR count). The first kappa shape index (κ1) is 15.1. The van der Waals surface area contributed by atoms with Crippen LogP contribution in [0.25, 0.3) is 0 Å². The van der Waals surface area contributed by atoms with Gasteiger partial charge in [-0.05, 0) is 31.2 Å². The molecule has 0 bridgehead atoms. The van der Waals surface area contributed by atoms with Gasteiger partial charge in [-0.15, -0.1) is 11.3 Å². The fourth-order valence-electron chi connectivity index (χ4n) is 1.55. The summed E-state index contributed by atoms with van der Waals surface area (Å²) in [6, 6.07) is 3.70. The average molecular weight is 291 g/mol. The van der Waals surface area contributed by atoms with Gasteiger partial charge >= 0.3 is 5.97 Å². The second-order valence-corrected chi connectivity index (χ2v) is 7.02. The van der Waals surface area contributed by atoms with Gasteiger partial charge in [-0.2, -0.15) is 0 Å². The van der Waals surface area contributed by atoms with Gasteiger partial charge in [-0.25, -0.2) is 13.1 Å². The van der Waals surface area contributed by atoms with Crippen molar-refractivity contribution < 1.29 is 18.3 Å². The van der Waals surface area contributed by atoms with Crippen molar-refractivity contribution in [1.29, 1.82) is 0 Å². The Balaban J connectivity index is 2.37. The maximum atomic E-state index is 11.7. The Kier molecular flexibility index (Phi) is 5.77. The standard InChI is InChI=1S/C11H17NO4S2/c1-9(8-10-4-2-6-17-10)12-18(15,16)7-3-5-11(13)14/h2,4,6,9,12H,3,5,7-8H2,1H3,(H,13,14). The van der Waals surface area contributed by atoms with Crippen LogP contribution in [0.1, 0.15) is 24.6 Å². The van der Waals surface area contributed by atoms with Crippen LogP contribution >= 0.6 is 11.3 Å². The van der Waals surface area contributed by atoms with E-state index in [1.165, 1.54) is 0 Å². The van der Waals surface area contributed by atoms with Crippen molar-refractivity contribution >= 4 is 27.3 Å². The summed E-state index contributed by atoms with van der Waals surface area (Å²) in [5.74, 6) is -1.12. The normalized spacial score (nSPS) is 13.4. The Bertz CT molecular complexity index is 467. The van der Waals surface area contributed by atoms with Crippen LogP contribution in [0.3, 0.4) is 0 Å². The number of hydrogen-bond acceptors (Lipinski definition) is 4. The molecule has 102 valence electrons. The van der Waals surface area contributed by atoms with Crippen molar-refractivity contribution in [2.75, 3.05) is 5.75 Å². The zero-order valence-electron chi connectivity index (χ0n) is 10.1. The maximum absolute atomic E-state index is 11.7. The fourth-order valence-corrected chi connectivity index (χ4v) is 3.72. The summed E-state index contributed by atoms with van der Waals surface area (Å²) >= 11 is 1.59. The molecule has 1 heterocycles. The SMILES string of the molecule is CC(Cc1cccs1)NS(=O)(=O)CCCC(=O)O. The van der Waals surface area contributed by atoms with Gasteiger partial charge in [0, 0.05) is 17.3 Å². The summed E-state index contributed by atoms with van der Waals surface area (Å²) in [4.78, 5) is 11.4. The quantitative estimate of drug-likeness (QED) is 0.759. The molecule has 18 heavy (non-hydrogen) atoms. The summed E-state index contributed by atoms with van der Waals surface area (Å²) in [7, 11) is -3.39. The molecule has 0 saturated carbocycles. The third-order valence-electron chi connectivity index (χ3n) is 2.27. The fraction of sp³-hybridized carbons (Fsp3) is 0.545. The van der Waals surface area contributed by atoms with Gasteiger partial charge in [-0.1, -0.05) is 6.07 Å². The number of carboxylic acids is 1. The van der Waals surface area contributed by atoms with Gasteiger partial charge in [0.05, 0.1) is 5.75 Å². The Morgan fingerprint density at radius 2 is 2.28 bits per heavy atom. The van der Waals surface area contributed by atoms with E-state index in [1.807, 2.05) is 17.5 Å². The molecule has 0 saturated heterocycles. The van der Waals surface area contributed by atoms with E-state index in [-0.39, 0.29) is 24.6 Å². The molecule has 1 atom stereocenters. The number of hydrogen-bond donors (Lipinski definition) is 2. The zero-order valence-corrected chi connectivity index (χ0v) is 11.8. The summed E-state index contributed by atoms with van der Waals surface area (Å²) in [5, 5.41) is 10.4. The smallest absolute Gasteiger partial charge is 0.303 e. The summed E-state index contributed by atoms with van der Waals surface area (Å²) in [6.45, 7) is 1.80. The molecule has 0 radical (unpaired) electrons. The Morgan fingerprint density at radius 3 is 2.83 bits per heavy atom. The first-order chi connectivity index (χ1) is 8.39. The molecule has 7 heteroatoms. The zero-order chi connectivity index (χ0) is 13.6. The minimum atomic E-state index is -3.39. The molecule has 1 aromatic heterocycles. The Morgan fingerprint density at radius 1 is 1.56 bits per heavy atom. The van der Waals surface area contributed by atoms with Crippen LogP contribution in [0.4, 0.5) is 0 Å². The number of nitrogens with one attached hydrogen (secondary N) is 1. The van der Waals surface area contributed by atoms with E-state index in [0.717, 1.165) is 4.88 Å². The Hall–Kier alpha value is -0.920. The van der Waals surface area contributed by atoms with Gasteiger partial charge in [0.25, 0.3) is 0 Å². The highest BCUT2D eigenvalue weighted by atomic mass is 32.2. The van der Waals surface area contributed by atoms with Crippen molar-refractivity contribution in [1.82, 2.24) is 4.72 Å². The minimum Gasteiger partial charge on any atom is -0.481 e. The van der Waals surface area contributed by atoms with Gasteiger partial charge in [0.15, 0.2) is 0 Å². The third kappa shape index (κ3) is 6.13. The first-order valence-corrected chi connectivity index (χ1v) is 8.16. The number of thiophene rings is 1. The molecule has 0 aliphatic carbocycles. The highest BCUT2D eigenvalue weighted by molar-refractivity contribution is 7.89. The van der Waals surface area contributed by atoms with Gasteiger partial charge < -0.3 is 5.11 Å². The number of carbonyl (C=O) groups is 1. The number of carboxylic acid groups (broad SMARTS) is 1. The molecule has 1 aromatic rings.